The first-order valence-corrected chi connectivity index (χ1v) is 6.17. The monoisotopic (exact) mass is 257 g/mol. The molecule has 2 rings (SSSR count). The quantitative estimate of drug-likeness (QED) is 0.821. The van der Waals surface area contributed by atoms with E-state index >= 15 is 0 Å². The summed E-state index contributed by atoms with van der Waals surface area (Å²) < 4.78 is 12.9. The average Bonchev–Trinajstić information content (AvgIpc) is 2.46. The van der Waals surface area contributed by atoms with Crippen LogP contribution in [-0.2, 0) is 0 Å². The number of rotatable bonds is 3. The van der Waals surface area contributed by atoms with Gasteiger partial charge in [-0.25, -0.2) is 4.39 Å². The van der Waals surface area contributed by atoms with Gasteiger partial charge in [0.1, 0.15) is 5.82 Å². The van der Waals surface area contributed by atoms with Gasteiger partial charge in [0.25, 0.3) is 5.91 Å². The van der Waals surface area contributed by atoms with Crippen LogP contribution in [0.4, 0.5) is 4.39 Å². The molecule has 0 bridgehead atoms. The highest BCUT2D eigenvalue weighted by Gasteiger charge is 2.18. The molecule has 2 aromatic rings. The third kappa shape index (κ3) is 2.99. The summed E-state index contributed by atoms with van der Waals surface area (Å²) in [5.74, 6) is -0.314. The molecule has 3 heteroatoms. The van der Waals surface area contributed by atoms with Gasteiger partial charge in [-0.2, -0.15) is 0 Å². The van der Waals surface area contributed by atoms with Crippen molar-refractivity contribution in [3.63, 3.8) is 0 Å². The van der Waals surface area contributed by atoms with Gasteiger partial charge >= 0.3 is 0 Å². The van der Waals surface area contributed by atoms with Gasteiger partial charge in [0.2, 0.25) is 0 Å². The zero-order valence-electron chi connectivity index (χ0n) is 11.0. The Labute approximate surface area is 112 Å². The lowest BCUT2D eigenvalue weighted by Gasteiger charge is -2.25. The van der Waals surface area contributed by atoms with Crippen LogP contribution in [0.2, 0.25) is 0 Å². The lowest BCUT2D eigenvalue weighted by Crippen LogP contribution is -2.29. The number of hydrogen-bond acceptors (Lipinski definition) is 1. The molecule has 98 valence electrons. The predicted molar refractivity (Wildman–Crippen MR) is 73.4 cm³/mol. The molecular formula is C16H16FNO. The summed E-state index contributed by atoms with van der Waals surface area (Å²) in [5.41, 5.74) is 1.56. The van der Waals surface area contributed by atoms with Crippen LogP contribution in [0.1, 0.15) is 28.9 Å². The van der Waals surface area contributed by atoms with Gasteiger partial charge in [0.05, 0.1) is 6.04 Å². The smallest absolute Gasteiger partial charge is 0.254 e. The summed E-state index contributed by atoms with van der Waals surface area (Å²) in [6.07, 6.45) is 0. The van der Waals surface area contributed by atoms with Gasteiger partial charge in [-0.05, 0) is 36.8 Å². The van der Waals surface area contributed by atoms with Crippen LogP contribution < -0.4 is 0 Å². The minimum Gasteiger partial charge on any atom is -0.335 e. The Morgan fingerprint density at radius 2 is 1.63 bits per heavy atom. The van der Waals surface area contributed by atoms with Crippen molar-refractivity contribution in [3.8, 4) is 0 Å². The lowest BCUT2D eigenvalue weighted by molar-refractivity contribution is 0.0742. The van der Waals surface area contributed by atoms with E-state index in [0.29, 0.717) is 5.56 Å². The highest BCUT2D eigenvalue weighted by molar-refractivity contribution is 5.94. The molecule has 1 amide bonds. The highest BCUT2D eigenvalue weighted by atomic mass is 19.1. The fourth-order valence-corrected chi connectivity index (χ4v) is 1.93. The van der Waals surface area contributed by atoms with Crippen LogP contribution in [0.3, 0.4) is 0 Å². The van der Waals surface area contributed by atoms with E-state index in [2.05, 4.69) is 0 Å². The Hall–Kier alpha value is -2.16. The second-order valence-electron chi connectivity index (χ2n) is 4.51. The molecule has 0 aromatic heterocycles. The van der Waals surface area contributed by atoms with Crippen molar-refractivity contribution < 1.29 is 9.18 Å². The van der Waals surface area contributed by atoms with E-state index in [4.69, 9.17) is 0 Å². The fraction of sp³-hybridized carbons (Fsp3) is 0.188. The van der Waals surface area contributed by atoms with Gasteiger partial charge in [-0.3, -0.25) is 4.79 Å². The predicted octanol–water partition coefficient (Wildman–Crippen LogP) is 3.66. The molecule has 0 aliphatic rings. The molecule has 0 aliphatic carbocycles. The zero-order valence-corrected chi connectivity index (χ0v) is 11.0. The van der Waals surface area contributed by atoms with Crippen molar-refractivity contribution in [3.05, 3.63) is 71.5 Å². The normalized spacial score (nSPS) is 11.9. The lowest BCUT2D eigenvalue weighted by atomic mass is 10.1. The van der Waals surface area contributed by atoms with E-state index in [1.165, 1.54) is 12.1 Å². The molecule has 0 saturated carbocycles. The van der Waals surface area contributed by atoms with Crippen molar-refractivity contribution in [2.75, 3.05) is 7.05 Å². The first kappa shape index (κ1) is 13.3. The van der Waals surface area contributed by atoms with Crippen LogP contribution in [0.5, 0.6) is 0 Å². The minimum atomic E-state index is -0.270. The van der Waals surface area contributed by atoms with Gasteiger partial charge in [0.15, 0.2) is 0 Å². The first-order valence-electron chi connectivity index (χ1n) is 6.17. The molecule has 1 atom stereocenters. The van der Waals surface area contributed by atoms with E-state index in [1.54, 1.807) is 36.2 Å². The minimum absolute atomic E-state index is 0.0441. The van der Waals surface area contributed by atoms with E-state index in [1.807, 2.05) is 25.1 Å². The third-order valence-corrected chi connectivity index (χ3v) is 3.27. The molecule has 0 saturated heterocycles. The van der Waals surface area contributed by atoms with Gasteiger partial charge in [-0.15, -0.1) is 0 Å². The van der Waals surface area contributed by atoms with Crippen molar-refractivity contribution in [2.24, 2.45) is 0 Å². The Morgan fingerprint density at radius 1 is 1.05 bits per heavy atom. The molecule has 0 fully saturated rings. The molecule has 0 N–H and O–H groups in total. The molecule has 0 radical (unpaired) electrons. The van der Waals surface area contributed by atoms with E-state index in [-0.39, 0.29) is 17.8 Å². The molecule has 0 spiro atoms. The van der Waals surface area contributed by atoms with Crippen LogP contribution in [0.15, 0.2) is 54.6 Å². The number of carbonyl (C=O) groups excluding carboxylic acids is 1. The van der Waals surface area contributed by atoms with Crippen LogP contribution in [0.25, 0.3) is 0 Å². The summed E-state index contributed by atoms with van der Waals surface area (Å²) in [6.45, 7) is 1.92. The van der Waals surface area contributed by atoms with E-state index in [9.17, 15) is 9.18 Å². The second-order valence-corrected chi connectivity index (χ2v) is 4.51. The number of hydrogen-bond donors (Lipinski definition) is 0. The summed E-state index contributed by atoms with van der Waals surface area (Å²) >= 11 is 0. The van der Waals surface area contributed by atoms with E-state index in [0.717, 1.165) is 5.56 Å². The topological polar surface area (TPSA) is 20.3 Å². The summed E-state index contributed by atoms with van der Waals surface area (Å²) in [6, 6.07) is 15.2. The Morgan fingerprint density at radius 3 is 2.21 bits per heavy atom. The number of amides is 1. The average molecular weight is 257 g/mol. The number of carbonyl (C=O) groups is 1. The molecule has 2 nitrogen and oxygen atoms in total. The van der Waals surface area contributed by atoms with Crippen LogP contribution in [0, 0.1) is 5.82 Å². The molecule has 0 aliphatic heterocycles. The maximum atomic E-state index is 12.9. The Balaban J connectivity index is 2.17. The number of nitrogens with zero attached hydrogens (tertiary/aromatic N) is 1. The number of halogens is 1. The molecule has 0 heterocycles. The number of benzene rings is 2. The van der Waals surface area contributed by atoms with Gasteiger partial charge in [0, 0.05) is 12.6 Å². The third-order valence-electron chi connectivity index (χ3n) is 3.27. The van der Waals surface area contributed by atoms with Gasteiger partial charge in [-0.1, -0.05) is 30.3 Å². The maximum absolute atomic E-state index is 12.9. The summed E-state index contributed by atoms with van der Waals surface area (Å²) in [4.78, 5) is 13.9. The summed E-state index contributed by atoms with van der Waals surface area (Å²) in [5, 5.41) is 0. The van der Waals surface area contributed by atoms with Gasteiger partial charge < -0.3 is 4.90 Å². The van der Waals surface area contributed by atoms with Crippen LogP contribution in [-0.4, -0.2) is 17.9 Å². The molecule has 2 aromatic carbocycles. The molecular weight excluding hydrogens is 241 g/mol. The first-order chi connectivity index (χ1) is 9.09. The molecule has 1 unspecified atom stereocenters. The van der Waals surface area contributed by atoms with Crippen molar-refractivity contribution in [1.82, 2.24) is 4.90 Å². The fourth-order valence-electron chi connectivity index (χ4n) is 1.93. The Bertz CT molecular complexity index is 551. The standard InChI is InChI=1S/C16H16FNO/c1-12(13-8-10-15(17)11-9-13)18(2)16(19)14-6-4-3-5-7-14/h3-12H,1-2H3. The summed E-state index contributed by atoms with van der Waals surface area (Å²) in [7, 11) is 1.75. The largest absolute Gasteiger partial charge is 0.335 e. The maximum Gasteiger partial charge on any atom is 0.254 e. The molecule has 19 heavy (non-hydrogen) atoms. The Kier molecular flexibility index (Phi) is 3.95. The highest BCUT2D eigenvalue weighted by Crippen LogP contribution is 2.20. The zero-order chi connectivity index (χ0) is 13.8. The van der Waals surface area contributed by atoms with Crippen molar-refractivity contribution in [2.45, 2.75) is 13.0 Å². The SMILES string of the molecule is CC(c1ccc(F)cc1)N(C)C(=O)c1ccccc1. The van der Waals surface area contributed by atoms with Crippen molar-refractivity contribution in [1.29, 1.82) is 0 Å². The van der Waals surface area contributed by atoms with Crippen LogP contribution >= 0.6 is 0 Å². The van der Waals surface area contributed by atoms with Crippen molar-refractivity contribution >= 4 is 5.91 Å². The van der Waals surface area contributed by atoms with E-state index < -0.39 is 0 Å². The second kappa shape index (κ2) is 5.65.